The summed E-state index contributed by atoms with van der Waals surface area (Å²) in [6.45, 7) is 4.85. The van der Waals surface area contributed by atoms with Gasteiger partial charge in [0.05, 0.1) is 27.6 Å². The molecule has 2 aliphatic rings. The van der Waals surface area contributed by atoms with Crippen LogP contribution in [0.1, 0.15) is 37.3 Å². The Morgan fingerprint density at radius 3 is 2.93 bits per heavy atom. The normalized spacial score (nSPS) is 20.1. The van der Waals surface area contributed by atoms with Crippen LogP contribution in [0, 0.1) is 34.7 Å². The van der Waals surface area contributed by atoms with Crippen LogP contribution in [0.4, 0.5) is 24.0 Å². The Labute approximate surface area is 248 Å². The first-order chi connectivity index (χ1) is 20.8. The predicted molar refractivity (Wildman–Crippen MR) is 158 cm³/mol. The van der Waals surface area contributed by atoms with Crippen molar-refractivity contribution in [1.82, 2.24) is 25.1 Å². The molecule has 2 fully saturated rings. The maximum absolute atomic E-state index is 16.5. The van der Waals surface area contributed by atoms with E-state index in [2.05, 4.69) is 37.3 Å². The number of nitrogens with one attached hydrogen (secondary N) is 2. The first-order valence-corrected chi connectivity index (χ1v) is 14.8. The van der Waals surface area contributed by atoms with Crippen LogP contribution in [0.15, 0.2) is 30.6 Å². The fourth-order valence-electron chi connectivity index (χ4n) is 6.71. The number of nitriles is 1. The van der Waals surface area contributed by atoms with Gasteiger partial charge in [-0.3, -0.25) is 10.00 Å². The van der Waals surface area contributed by atoms with Crippen LogP contribution in [0.5, 0.6) is 6.01 Å². The molecule has 5 heterocycles. The van der Waals surface area contributed by atoms with Crippen molar-refractivity contribution in [1.29, 1.82) is 5.26 Å². The number of ether oxygens (including phenoxy) is 1. The number of aromatic amines is 1. The van der Waals surface area contributed by atoms with E-state index in [1.165, 1.54) is 6.07 Å². The Kier molecular flexibility index (Phi) is 6.63. The third kappa shape index (κ3) is 4.52. The lowest BCUT2D eigenvalue weighted by Crippen LogP contribution is -2.43. The summed E-state index contributed by atoms with van der Waals surface area (Å²) in [5, 5.41) is 19.8. The number of rotatable bonds is 7. The highest BCUT2D eigenvalue weighted by Gasteiger charge is 2.47. The van der Waals surface area contributed by atoms with Crippen LogP contribution in [0.25, 0.3) is 32.1 Å². The zero-order valence-electron chi connectivity index (χ0n) is 23.2. The zero-order valence-corrected chi connectivity index (χ0v) is 24.0. The van der Waals surface area contributed by atoms with Gasteiger partial charge in [-0.2, -0.15) is 20.3 Å². The maximum atomic E-state index is 16.5. The summed E-state index contributed by atoms with van der Waals surface area (Å²) in [5.74, 6) is -1.81. The molecular weight excluding hydrogens is 577 g/mol. The van der Waals surface area contributed by atoms with Crippen LogP contribution in [0.2, 0.25) is 0 Å². The van der Waals surface area contributed by atoms with Gasteiger partial charge in [0, 0.05) is 35.6 Å². The molecule has 2 aromatic carbocycles. The highest BCUT2D eigenvalue weighted by molar-refractivity contribution is 7.23. The molecule has 2 aliphatic heterocycles. The number of aromatic nitrogens is 4. The molecule has 0 amide bonds. The van der Waals surface area contributed by atoms with Crippen LogP contribution in [-0.4, -0.2) is 50.3 Å². The number of nitrogens with two attached hydrogens (primary N) is 1. The monoisotopic (exact) mass is 604 g/mol. The van der Waals surface area contributed by atoms with Gasteiger partial charge in [0.2, 0.25) is 0 Å². The van der Waals surface area contributed by atoms with Gasteiger partial charge in [-0.05, 0) is 49.4 Å². The summed E-state index contributed by atoms with van der Waals surface area (Å²) in [6, 6.07) is 5.42. The number of thiophene rings is 1. The quantitative estimate of drug-likeness (QED) is 0.207. The average Bonchev–Trinajstić information content (AvgIpc) is 3.76. The maximum Gasteiger partial charge on any atom is 0.319 e. The van der Waals surface area contributed by atoms with Gasteiger partial charge in [0.25, 0.3) is 0 Å². The molecule has 7 rings (SSSR count). The second-order valence-corrected chi connectivity index (χ2v) is 12.4. The Morgan fingerprint density at radius 2 is 2.14 bits per heavy atom. The summed E-state index contributed by atoms with van der Waals surface area (Å²) >= 11 is 0.858. The van der Waals surface area contributed by atoms with Crippen LogP contribution >= 0.6 is 11.3 Å². The molecule has 3 aromatic heterocycles. The minimum atomic E-state index is -0.981. The van der Waals surface area contributed by atoms with Gasteiger partial charge in [0.1, 0.15) is 40.6 Å². The van der Waals surface area contributed by atoms with Crippen molar-refractivity contribution < 1.29 is 17.9 Å². The van der Waals surface area contributed by atoms with Gasteiger partial charge in [-0.1, -0.05) is 13.0 Å². The molecule has 0 aliphatic carbocycles. The molecule has 4 N–H and O–H groups in total. The van der Waals surface area contributed by atoms with E-state index in [-0.39, 0.29) is 61.0 Å². The van der Waals surface area contributed by atoms with Crippen LogP contribution < -0.4 is 15.8 Å². The topological polar surface area (TPSA) is 129 Å². The lowest BCUT2D eigenvalue weighted by atomic mass is 9.92. The summed E-state index contributed by atoms with van der Waals surface area (Å²) in [5.41, 5.74) is 6.02. The fourth-order valence-corrected chi connectivity index (χ4v) is 7.66. The van der Waals surface area contributed by atoms with Crippen molar-refractivity contribution in [2.24, 2.45) is 5.92 Å². The smallest absolute Gasteiger partial charge is 0.319 e. The van der Waals surface area contributed by atoms with E-state index in [0.29, 0.717) is 12.5 Å². The number of fused-ring (bicyclic) bond motifs is 3. The van der Waals surface area contributed by atoms with E-state index in [0.717, 1.165) is 61.4 Å². The van der Waals surface area contributed by atoms with Crippen molar-refractivity contribution in [2.45, 2.75) is 38.3 Å². The molecule has 2 atom stereocenters. The van der Waals surface area contributed by atoms with Gasteiger partial charge >= 0.3 is 6.01 Å². The molecule has 0 unspecified atom stereocenters. The summed E-state index contributed by atoms with van der Waals surface area (Å²) < 4.78 is 53.4. The number of H-pyrrole nitrogens is 1. The number of hydrogen-bond acceptors (Lipinski definition) is 9. The van der Waals surface area contributed by atoms with Crippen molar-refractivity contribution in [2.75, 3.05) is 30.7 Å². The Hall–Kier alpha value is -4.41. The first kappa shape index (κ1) is 27.4. The Bertz CT molecular complexity index is 1920. The highest BCUT2D eigenvalue weighted by atomic mass is 32.1. The molecular formula is C30H27F3N8OS. The van der Waals surface area contributed by atoms with Crippen LogP contribution in [0.3, 0.4) is 0 Å². The van der Waals surface area contributed by atoms with Gasteiger partial charge in [-0.25, -0.2) is 13.2 Å². The Balaban J connectivity index is 1.36. The van der Waals surface area contributed by atoms with Crippen molar-refractivity contribution >= 4 is 43.1 Å². The van der Waals surface area contributed by atoms with Crippen molar-refractivity contribution in [3.8, 4) is 23.2 Å². The average molecular weight is 605 g/mol. The summed E-state index contributed by atoms with van der Waals surface area (Å²) in [4.78, 5) is 11.4. The SMILES string of the molecule is C[C@H]1CN2CCC[C@@]2(COc2nc(NCc3cn[nH]c3)c3cc(F)c(-c4ccc(F)c5sc(N)c(C#N)c45)c(F)c3n2)C1. The molecule has 43 heavy (non-hydrogen) atoms. The minimum Gasteiger partial charge on any atom is -0.461 e. The van der Waals surface area contributed by atoms with Gasteiger partial charge in [0.15, 0.2) is 5.82 Å². The zero-order chi connectivity index (χ0) is 29.9. The number of hydrogen-bond donors (Lipinski definition) is 3. The number of halogens is 3. The van der Waals surface area contributed by atoms with Gasteiger partial charge in [-0.15, -0.1) is 11.3 Å². The van der Waals surface area contributed by atoms with E-state index < -0.39 is 23.0 Å². The fraction of sp³-hybridized carbons (Fsp3) is 0.333. The number of benzene rings is 2. The molecule has 2 saturated heterocycles. The first-order valence-electron chi connectivity index (χ1n) is 14.0. The lowest BCUT2D eigenvalue weighted by molar-refractivity contribution is 0.108. The largest absolute Gasteiger partial charge is 0.461 e. The van der Waals surface area contributed by atoms with E-state index in [9.17, 15) is 9.65 Å². The third-order valence-corrected chi connectivity index (χ3v) is 9.58. The summed E-state index contributed by atoms with van der Waals surface area (Å²) in [6.07, 6.45) is 6.38. The minimum absolute atomic E-state index is 0.00668. The second-order valence-electron chi connectivity index (χ2n) is 11.4. The molecule has 0 bridgehead atoms. The van der Waals surface area contributed by atoms with Crippen molar-refractivity contribution in [3.05, 3.63) is 59.2 Å². The standard InChI is InChI=1S/C30H27F3N8OS/c1-15-8-30(5-2-6-41(30)13-15)14-42-29-39-25-18(28(40-29)36-10-16-11-37-38-12-16)7-21(32)23(24(25)33)17-3-4-20(31)26-22(17)19(9-34)27(35)43-26/h3-4,7,11-12,15H,2,5-6,8,10,13-14,35H2,1H3,(H,37,38)(H,36,39,40)/t15-,30+/m1/s1. The number of nitrogen functional groups attached to an aromatic ring is 1. The van der Waals surface area contributed by atoms with Crippen LogP contribution in [-0.2, 0) is 6.54 Å². The van der Waals surface area contributed by atoms with E-state index >= 15 is 8.78 Å². The predicted octanol–water partition coefficient (Wildman–Crippen LogP) is 5.97. The third-order valence-electron chi connectivity index (χ3n) is 8.55. The molecule has 0 saturated carbocycles. The van der Waals surface area contributed by atoms with E-state index in [1.807, 2.05) is 6.07 Å². The highest BCUT2D eigenvalue weighted by Crippen LogP contribution is 2.44. The molecule has 13 heteroatoms. The molecule has 0 radical (unpaired) electrons. The Morgan fingerprint density at radius 1 is 1.28 bits per heavy atom. The van der Waals surface area contributed by atoms with Crippen molar-refractivity contribution in [3.63, 3.8) is 0 Å². The van der Waals surface area contributed by atoms with E-state index in [1.54, 1.807) is 12.4 Å². The lowest BCUT2D eigenvalue weighted by Gasteiger charge is -2.31. The molecule has 5 aromatic rings. The summed E-state index contributed by atoms with van der Waals surface area (Å²) in [7, 11) is 0. The molecule has 220 valence electrons. The van der Waals surface area contributed by atoms with E-state index in [4.69, 9.17) is 10.5 Å². The second kappa shape index (κ2) is 10.4. The molecule has 0 spiro atoms. The van der Waals surface area contributed by atoms with Gasteiger partial charge < -0.3 is 15.8 Å². The number of nitrogens with zero attached hydrogens (tertiary/aromatic N) is 5. The molecule has 9 nitrogen and oxygen atoms in total. The number of anilines is 2.